The van der Waals surface area contributed by atoms with Gasteiger partial charge < -0.3 is 10.1 Å². The largest absolute Gasteiger partial charge is 0.490 e. The minimum absolute atomic E-state index is 0.205. The van der Waals surface area contributed by atoms with Crippen molar-refractivity contribution < 1.29 is 9.13 Å². The van der Waals surface area contributed by atoms with E-state index in [-0.39, 0.29) is 11.9 Å². The van der Waals surface area contributed by atoms with Gasteiger partial charge in [0.25, 0.3) is 0 Å². The van der Waals surface area contributed by atoms with Gasteiger partial charge in [-0.2, -0.15) is 0 Å². The summed E-state index contributed by atoms with van der Waals surface area (Å²) in [5.74, 6) is 0.565. The second-order valence-corrected chi connectivity index (χ2v) is 6.36. The smallest absolute Gasteiger partial charge is 0.131 e. The van der Waals surface area contributed by atoms with Crippen LogP contribution in [0.2, 0.25) is 0 Å². The molecule has 2 bridgehead atoms. The minimum atomic E-state index is -0.205. The summed E-state index contributed by atoms with van der Waals surface area (Å²) < 4.78 is 20.2. The van der Waals surface area contributed by atoms with E-state index in [4.69, 9.17) is 4.74 Å². The summed E-state index contributed by atoms with van der Waals surface area (Å²) in [4.78, 5) is 0. The van der Waals surface area contributed by atoms with Gasteiger partial charge in [0.2, 0.25) is 0 Å². The number of rotatable bonds is 3. The third-order valence-corrected chi connectivity index (χ3v) is 4.76. The average molecular weight is 297 g/mol. The fraction of sp³-hybridized carbons (Fsp3) is 0.368. The van der Waals surface area contributed by atoms with Gasteiger partial charge in [-0.1, -0.05) is 30.3 Å². The Morgan fingerprint density at radius 2 is 1.68 bits per heavy atom. The van der Waals surface area contributed by atoms with Crippen LogP contribution in [0, 0.1) is 5.82 Å². The van der Waals surface area contributed by atoms with Crippen molar-refractivity contribution >= 4 is 0 Å². The minimum Gasteiger partial charge on any atom is -0.490 e. The lowest BCUT2D eigenvalue weighted by molar-refractivity contribution is 0.137. The fourth-order valence-electron chi connectivity index (χ4n) is 3.71. The first kappa shape index (κ1) is 13.8. The van der Waals surface area contributed by atoms with E-state index in [1.807, 2.05) is 36.4 Å². The summed E-state index contributed by atoms with van der Waals surface area (Å²) >= 11 is 0. The van der Waals surface area contributed by atoms with E-state index in [0.717, 1.165) is 24.2 Å². The molecular weight excluding hydrogens is 277 g/mol. The van der Waals surface area contributed by atoms with E-state index < -0.39 is 0 Å². The van der Waals surface area contributed by atoms with Crippen molar-refractivity contribution in [3.05, 3.63) is 54.3 Å². The molecule has 0 aliphatic carbocycles. The Labute approximate surface area is 130 Å². The topological polar surface area (TPSA) is 21.3 Å². The number of hydrogen-bond acceptors (Lipinski definition) is 2. The molecule has 22 heavy (non-hydrogen) atoms. The molecule has 0 amide bonds. The molecule has 0 spiro atoms. The quantitative estimate of drug-likeness (QED) is 0.918. The lowest BCUT2D eigenvalue weighted by Gasteiger charge is -2.29. The van der Waals surface area contributed by atoms with Crippen LogP contribution in [0.25, 0.3) is 11.1 Å². The van der Waals surface area contributed by atoms with Gasteiger partial charge in [-0.25, -0.2) is 4.39 Å². The summed E-state index contributed by atoms with van der Waals surface area (Å²) in [6, 6.07) is 15.9. The highest BCUT2D eigenvalue weighted by atomic mass is 19.1. The number of hydrogen-bond donors (Lipinski definition) is 1. The summed E-state index contributed by atoms with van der Waals surface area (Å²) in [5.41, 5.74) is 1.49. The zero-order valence-electron chi connectivity index (χ0n) is 12.5. The van der Waals surface area contributed by atoms with Crippen LogP contribution in [0.4, 0.5) is 4.39 Å². The molecular formula is C19H20FNO. The fourth-order valence-corrected chi connectivity index (χ4v) is 3.71. The standard InChI is InChI=1S/C19H20FNO/c20-19-9-8-16(12-18(19)13-4-2-1-3-5-13)22-17-10-14-6-7-15(11-17)21-14/h1-5,8-9,12,14-15,17,21H,6-7,10-11H2/t14-,15+,17-. The van der Waals surface area contributed by atoms with Gasteiger partial charge in [0.05, 0.1) is 0 Å². The number of benzene rings is 2. The highest BCUT2D eigenvalue weighted by molar-refractivity contribution is 5.65. The normalized spacial score (nSPS) is 26.9. The van der Waals surface area contributed by atoms with Gasteiger partial charge in [0.15, 0.2) is 0 Å². The summed E-state index contributed by atoms with van der Waals surface area (Å²) in [6.45, 7) is 0. The Hall–Kier alpha value is -1.87. The van der Waals surface area contributed by atoms with Crippen molar-refractivity contribution in [2.75, 3.05) is 0 Å². The van der Waals surface area contributed by atoms with Crippen LogP contribution in [0.3, 0.4) is 0 Å². The molecule has 2 nitrogen and oxygen atoms in total. The van der Waals surface area contributed by atoms with Gasteiger partial charge in [-0.3, -0.25) is 0 Å². The molecule has 4 rings (SSSR count). The first-order valence-corrected chi connectivity index (χ1v) is 8.05. The van der Waals surface area contributed by atoms with Crippen molar-refractivity contribution in [3.8, 4) is 16.9 Å². The molecule has 114 valence electrons. The summed E-state index contributed by atoms with van der Waals surface area (Å²) in [5, 5.41) is 3.61. The zero-order chi connectivity index (χ0) is 14.9. The van der Waals surface area contributed by atoms with E-state index >= 15 is 0 Å². The number of ether oxygens (including phenoxy) is 1. The molecule has 3 heteroatoms. The highest BCUT2D eigenvalue weighted by Crippen LogP contribution is 2.32. The van der Waals surface area contributed by atoms with Crippen LogP contribution in [-0.2, 0) is 0 Å². The van der Waals surface area contributed by atoms with E-state index in [1.165, 1.54) is 18.9 Å². The molecule has 3 atom stereocenters. The molecule has 1 N–H and O–H groups in total. The Morgan fingerprint density at radius 1 is 0.955 bits per heavy atom. The first-order valence-electron chi connectivity index (χ1n) is 8.05. The molecule has 2 aromatic rings. The van der Waals surface area contributed by atoms with E-state index in [2.05, 4.69) is 5.32 Å². The lowest BCUT2D eigenvalue weighted by Crippen LogP contribution is -2.42. The Bertz CT molecular complexity index is 646. The summed E-state index contributed by atoms with van der Waals surface area (Å²) in [6.07, 6.45) is 4.85. The maximum Gasteiger partial charge on any atom is 0.131 e. The monoisotopic (exact) mass is 297 g/mol. The third kappa shape index (κ3) is 2.73. The van der Waals surface area contributed by atoms with E-state index in [0.29, 0.717) is 17.6 Å². The van der Waals surface area contributed by atoms with Crippen molar-refractivity contribution in [3.63, 3.8) is 0 Å². The van der Waals surface area contributed by atoms with E-state index in [9.17, 15) is 4.39 Å². The predicted octanol–water partition coefficient (Wildman–Crippen LogP) is 4.15. The molecule has 2 aromatic carbocycles. The first-order chi connectivity index (χ1) is 10.8. The van der Waals surface area contributed by atoms with Crippen molar-refractivity contribution in [1.82, 2.24) is 5.32 Å². The number of halogens is 1. The van der Waals surface area contributed by atoms with Gasteiger partial charge in [-0.15, -0.1) is 0 Å². The number of piperidine rings is 1. The molecule has 2 fully saturated rings. The molecule has 2 saturated heterocycles. The second-order valence-electron chi connectivity index (χ2n) is 6.36. The van der Waals surface area contributed by atoms with Crippen LogP contribution in [0.5, 0.6) is 5.75 Å². The van der Waals surface area contributed by atoms with Crippen LogP contribution in [-0.4, -0.2) is 18.2 Å². The maximum absolute atomic E-state index is 14.1. The third-order valence-electron chi connectivity index (χ3n) is 4.76. The highest BCUT2D eigenvalue weighted by Gasteiger charge is 2.34. The molecule has 0 saturated carbocycles. The summed E-state index contributed by atoms with van der Waals surface area (Å²) in [7, 11) is 0. The van der Waals surface area contributed by atoms with E-state index in [1.54, 1.807) is 6.07 Å². The van der Waals surface area contributed by atoms with Gasteiger partial charge in [0, 0.05) is 17.6 Å². The molecule has 2 aliphatic rings. The molecule has 0 unspecified atom stereocenters. The SMILES string of the molecule is Fc1ccc(O[C@@H]2C[C@H]3CC[C@@H](C2)N3)cc1-c1ccccc1. The van der Waals surface area contributed by atoms with Gasteiger partial charge in [-0.05, 0) is 49.4 Å². The number of fused-ring (bicyclic) bond motifs is 2. The lowest BCUT2D eigenvalue weighted by atomic mass is 10.0. The average Bonchev–Trinajstić information content (AvgIpc) is 2.89. The van der Waals surface area contributed by atoms with Crippen LogP contribution in [0.15, 0.2) is 48.5 Å². The molecule has 2 heterocycles. The van der Waals surface area contributed by atoms with Gasteiger partial charge >= 0.3 is 0 Å². The second kappa shape index (κ2) is 5.73. The molecule has 0 radical (unpaired) electrons. The predicted molar refractivity (Wildman–Crippen MR) is 85.4 cm³/mol. The molecule has 2 aliphatic heterocycles. The van der Waals surface area contributed by atoms with Crippen LogP contribution < -0.4 is 10.1 Å². The van der Waals surface area contributed by atoms with Crippen molar-refractivity contribution in [1.29, 1.82) is 0 Å². The Kier molecular flexibility index (Phi) is 3.59. The maximum atomic E-state index is 14.1. The number of nitrogens with one attached hydrogen (secondary N) is 1. The van der Waals surface area contributed by atoms with Crippen LogP contribution >= 0.6 is 0 Å². The van der Waals surface area contributed by atoms with Gasteiger partial charge in [0.1, 0.15) is 17.7 Å². The van der Waals surface area contributed by atoms with Crippen LogP contribution in [0.1, 0.15) is 25.7 Å². The Morgan fingerprint density at radius 3 is 2.41 bits per heavy atom. The molecule has 0 aromatic heterocycles. The van der Waals surface area contributed by atoms with Crippen molar-refractivity contribution in [2.45, 2.75) is 43.9 Å². The zero-order valence-corrected chi connectivity index (χ0v) is 12.5. The van der Waals surface area contributed by atoms with Crippen molar-refractivity contribution in [2.24, 2.45) is 0 Å². The Balaban J connectivity index is 1.55.